The summed E-state index contributed by atoms with van der Waals surface area (Å²) in [7, 11) is 0. The van der Waals surface area contributed by atoms with Crippen molar-refractivity contribution in [3.8, 4) is 0 Å². The van der Waals surface area contributed by atoms with E-state index in [-0.39, 0.29) is 11.8 Å². The van der Waals surface area contributed by atoms with Gasteiger partial charge in [0.2, 0.25) is 5.91 Å². The van der Waals surface area contributed by atoms with Gasteiger partial charge < -0.3 is 15.1 Å². The van der Waals surface area contributed by atoms with Gasteiger partial charge in [0.05, 0.1) is 28.2 Å². The van der Waals surface area contributed by atoms with Crippen LogP contribution in [0.25, 0.3) is 0 Å². The molecule has 3 rings (SSSR count). The van der Waals surface area contributed by atoms with E-state index < -0.39 is 0 Å². The predicted molar refractivity (Wildman–Crippen MR) is 108 cm³/mol. The normalized spacial score (nSPS) is 14.2. The van der Waals surface area contributed by atoms with Crippen molar-refractivity contribution in [3.63, 3.8) is 0 Å². The Bertz CT molecular complexity index is 853. The van der Waals surface area contributed by atoms with E-state index in [9.17, 15) is 9.59 Å². The standard InChI is InChI=1S/C20H23ClN4O2/c1-13-8-14(2)19(18(21)9-13)23-20(27)16-10-17(12-22-11-16)25-6-4-24(5-7-25)15(3)26/h8-12H,4-7H2,1-3H3,(H,23,27). The number of anilines is 2. The van der Waals surface area contributed by atoms with Gasteiger partial charge in [-0.2, -0.15) is 0 Å². The molecule has 0 aliphatic carbocycles. The topological polar surface area (TPSA) is 65.5 Å². The first kappa shape index (κ1) is 19.2. The number of hydrogen-bond donors (Lipinski definition) is 1. The number of aryl methyl sites for hydroxylation is 2. The monoisotopic (exact) mass is 386 g/mol. The van der Waals surface area contributed by atoms with Gasteiger partial charge in [-0.15, -0.1) is 0 Å². The molecule has 2 amide bonds. The maximum atomic E-state index is 12.7. The number of nitrogens with zero attached hydrogens (tertiary/aromatic N) is 3. The Kier molecular flexibility index (Phi) is 5.65. The minimum atomic E-state index is -0.249. The highest BCUT2D eigenvalue weighted by atomic mass is 35.5. The number of halogens is 1. The van der Waals surface area contributed by atoms with Gasteiger partial charge in [0, 0.05) is 39.3 Å². The molecule has 1 fully saturated rings. The lowest BCUT2D eigenvalue weighted by Crippen LogP contribution is -2.48. The molecular formula is C20H23ClN4O2. The summed E-state index contributed by atoms with van der Waals surface area (Å²) >= 11 is 6.29. The quantitative estimate of drug-likeness (QED) is 0.879. The van der Waals surface area contributed by atoms with Gasteiger partial charge in [-0.25, -0.2) is 0 Å². The van der Waals surface area contributed by atoms with E-state index in [0.717, 1.165) is 29.9 Å². The summed E-state index contributed by atoms with van der Waals surface area (Å²) < 4.78 is 0. The SMILES string of the molecule is CC(=O)N1CCN(c2cncc(C(=O)Nc3c(C)cc(C)cc3Cl)c2)CC1. The highest BCUT2D eigenvalue weighted by molar-refractivity contribution is 6.34. The van der Waals surface area contributed by atoms with Crippen molar-refractivity contribution >= 4 is 34.8 Å². The van der Waals surface area contributed by atoms with Crippen LogP contribution in [0.1, 0.15) is 28.4 Å². The Morgan fingerprint density at radius 3 is 2.41 bits per heavy atom. The zero-order valence-corrected chi connectivity index (χ0v) is 16.5. The number of rotatable bonds is 3. The average Bonchev–Trinajstić information content (AvgIpc) is 2.64. The number of carbonyl (C=O) groups is 2. The van der Waals surface area contributed by atoms with E-state index in [0.29, 0.717) is 29.4 Å². The van der Waals surface area contributed by atoms with E-state index in [1.807, 2.05) is 36.9 Å². The first-order valence-electron chi connectivity index (χ1n) is 8.89. The number of pyridine rings is 1. The molecule has 0 radical (unpaired) electrons. The highest BCUT2D eigenvalue weighted by Crippen LogP contribution is 2.28. The molecule has 1 aliphatic rings. The van der Waals surface area contributed by atoms with Gasteiger partial charge >= 0.3 is 0 Å². The van der Waals surface area contributed by atoms with Gasteiger partial charge in [-0.1, -0.05) is 17.7 Å². The third-order valence-electron chi connectivity index (χ3n) is 4.75. The molecule has 0 spiro atoms. The molecule has 1 saturated heterocycles. The summed E-state index contributed by atoms with van der Waals surface area (Å²) in [6.45, 7) is 8.24. The summed E-state index contributed by atoms with van der Waals surface area (Å²) in [6, 6.07) is 5.63. The lowest BCUT2D eigenvalue weighted by atomic mass is 10.1. The predicted octanol–water partition coefficient (Wildman–Crippen LogP) is 3.27. The summed E-state index contributed by atoms with van der Waals surface area (Å²) in [5.41, 5.74) is 3.92. The molecule has 7 heteroatoms. The molecule has 0 unspecified atom stereocenters. The van der Waals surface area contributed by atoms with Gasteiger partial charge in [-0.3, -0.25) is 14.6 Å². The van der Waals surface area contributed by atoms with E-state index in [4.69, 9.17) is 11.6 Å². The Hall–Kier alpha value is -2.60. The minimum absolute atomic E-state index is 0.0891. The second-order valence-electron chi connectivity index (χ2n) is 6.82. The second kappa shape index (κ2) is 7.96. The molecule has 0 saturated carbocycles. The van der Waals surface area contributed by atoms with Gasteiger partial charge in [0.1, 0.15) is 0 Å². The fourth-order valence-corrected chi connectivity index (χ4v) is 3.63. The summed E-state index contributed by atoms with van der Waals surface area (Å²) in [5.74, 6) is -0.160. The number of amides is 2. The van der Waals surface area contributed by atoms with Crippen molar-refractivity contribution in [2.24, 2.45) is 0 Å². The van der Waals surface area contributed by atoms with Crippen molar-refractivity contribution < 1.29 is 9.59 Å². The van der Waals surface area contributed by atoms with E-state index in [1.54, 1.807) is 19.3 Å². The largest absolute Gasteiger partial charge is 0.367 e. The first-order chi connectivity index (χ1) is 12.8. The van der Waals surface area contributed by atoms with Crippen LogP contribution in [0.15, 0.2) is 30.6 Å². The molecule has 1 aromatic heterocycles. The summed E-state index contributed by atoms with van der Waals surface area (Å²) in [5, 5.41) is 3.41. The van der Waals surface area contributed by atoms with Crippen molar-refractivity contribution in [3.05, 3.63) is 52.3 Å². The lowest BCUT2D eigenvalue weighted by Gasteiger charge is -2.35. The molecule has 6 nitrogen and oxygen atoms in total. The number of nitrogens with one attached hydrogen (secondary N) is 1. The second-order valence-corrected chi connectivity index (χ2v) is 7.22. The fraction of sp³-hybridized carbons (Fsp3) is 0.350. The Labute approximate surface area is 164 Å². The molecular weight excluding hydrogens is 364 g/mol. The van der Waals surface area contributed by atoms with Crippen LogP contribution < -0.4 is 10.2 Å². The summed E-state index contributed by atoms with van der Waals surface area (Å²) in [6.07, 6.45) is 3.28. The highest BCUT2D eigenvalue weighted by Gasteiger charge is 2.20. The lowest BCUT2D eigenvalue weighted by molar-refractivity contribution is -0.129. The number of piperazine rings is 1. The fourth-order valence-electron chi connectivity index (χ4n) is 3.26. The van der Waals surface area contributed by atoms with Crippen LogP contribution in [0.2, 0.25) is 5.02 Å². The molecule has 2 heterocycles. The van der Waals surface area contributed by atoms with Crippen molar-refractivity contribution in [2.75, 3.05) is 36.4 Å². The zero-order chi connectivity index (χ0) is 19.6. The van der Waals surface area contributed by atoms with Crippen LogP contribution in [-0.4, -0.2) is 47.9 Å². The van der Waals surface area contributed by atoms with Crippen LogP contribution in [0.4, 0.5) is 11.4 Å². The summed E-state index contributed by atoms with van der Waals surface area (Å²) in [4.78, 5) is 32.3. The van der Waals surface area contributed by atoms with Crippen LogP contribution in [0.3, 0.4) is 0 Å². The van der Waals surface area contributed by atoms with Gasteiger partial charge in [0.15, 0.2) is 0 Å². The molecule has 1 aliphatic heterocycles. The third-order valence-corrected chi connectivity index (χ3v) is 5.04. The molecule has 0 bridgehead atoms. The smallest absolute Gasteiger partial charge is 0.257 e. The van der Waals surface area contributed by atoms with E-state index in [1.165, 1.54) is 0 Å². The number of aromatic nitrogens is 1. The van der Waals surface area contributed by atoms with Gasteiger partial charge in [0.25, 0.3) is 5.91 Å². The number of carbonyl (C=O) groups excluding carboxylic acids is 2. The van der Waals surface area contributed by atoms with Gasteiger partial charge in [-0.05, 0) is 37.1 Å². The van der Waals surface area contributed by atoms with Crippen molar-refractivity contribution in [1.29, 1.82) is 0 Å². The van der Waals surface area contributed by atoms with Crippen LogP contribution in [0.5, 0.6) is 0 Å². The number of hydrogen-bond acceptors (Lipinski definition) is 4. The molecule has 27 heavy (non-hydrogen) atoms. The Balaban J connectivity index is 1.74. The van der Waals surface area contributed by atoms with E-state index >= 15 is 0 Å². The van der Waals surface area contributed by atoms with E-state index in [2.05, 4.69) is 15.2 Å². The van der Waals surface area contributed by atoms with Crippen LogP contribution >= 0.6 is 11.6 Å². The number of benzene rings is 1. The Morgan fingerprint density at radius 2 is 1.78 bits per heavy atom. The van der Waals surface area contributed by atoms with Crippen LogP contribution in [-0.2, 0) is 4.79 Å². The minimum Gasteiger partial charge on any atom is -0.367 e. The first-order valence-corrected chi connectivity index (χ1v) is 9.26. The van der Waals surface area contributed by atoms with Crippen molar-refractivity contribution in [1.82, 2.24) is 9.88 Å². The molecule has 0 atom stereocenters. The van der Waals surface area contributed by atoms with Crippen molar-refractivity contribution in [2.45, 2.75) is 20.8 Å². The molecule has 1 aromatic carbocycles. The Morgan fingerprint density at radius 1 is 1.07 bits per heavy atom. The molecule has 1 N–H and O–H groups in total. The maximum Gasteiger partial charge on any atom is 0.257 e. The zero-order valence-electron chi connectivity index (χ0n) is 15.8. The van der Waals surface area contributed by atoms with Crippen LogP contribution in [0, 0.1) is 13.8 Å². The average molecular weight is 387 g/mol. The molecule has 2 aromatic rings. The third kappa shape index (κ3) is 4.39. The molecule has 142 valence electrons. The maximum absolute atomic E-state index is 12.7.